The van der Waals surface area contributed by atoms with E-state index < -0.39 is 6.10 Å². The van der Waals surface area contributed by atoms with Crippen LogP contribution in [0.2, 0.25) is 0 Å². The highest BCUT2D eigenvalue weighted by Crippen LogP contribution is 2.10. The molecule has 0 N–H and O–H groups in total. The molecule has 0 aliphatic heterocycles. The summed E-state index contributed by atoms with van der Waals surface area (Å²) in [6.45, 7) is 7.38. The minimum absolute atomic E-state index is 0.0170. The van der Waals surface area contributed by atoms with E-state index >= 15 is 0 Å². The Morgan fingerprint density at radius 1 is 0.387 bits per heavy atom. The molecular formula is C57H90O5. The summed E-state index contributed by atoms with van der Waals surface area (Å²) < 4.78 is 17.2. The SMILES string of the molecule is CC/C=C\C/C=C\C/C=C\C/C=C\C/C=C\CCCCCC(=O)OCC(COCCCCCCCC/C=C\CCCC)OC(=O)C/C=C\C/C=C\C/C=C\C/C=C\C/C=C\CC. The predicted molar refractivity (Wildman–Crippen MR) is 269 cm³/mol. The van der Waals surface area contributed by atoms with E-state index in [2.05, 4.69) is 142 Å². The molecule has 0 bridgehead atoms. The Labute approximate surface area is 381 Å². The molecule has 0 aliphatic rings. The van der Waals surface area contributed by atoms with Crippen LogP contribution in [-0.4, -0.2) is 37.9 Å². The second kappa shape index (κ2) is 51.4. The van der Waals surface area contributed by atoms with Gasteiger partial charge in [-0.2, -0.15) is 0 Å². The van der Waals surface area contributed by atoms with Crippen molar-refractivity contribution in [2.45, 2.75) is 194 Å². The Morgan fingerprint density at radius 2 is 0.774 bits per heavy atom. The summed E-state index contributed by atoms with van der Waals surface area (Å²) in [6.07, 6.45) is 73.4. The average Bonchev–Trinajstić information content (AvgIpc) is 3.27. The Hall–Kier alpha value is -3.96. The zero-order valence-corrected chi connectivity index (χ0v) is 39.8. The lowest BCUT2D eigenvalue weighted by Gasteiger charge is -2.18. The largest absolute Gasteiger partial charge is 0.462 e. The third-order valence-electron chi connectivity index (χ3n) is 9.68. The molecule has 1 atom stereocenters. The summed E-state index contributed by atoms with van der Waals surface area (Å²) in [5.41, 5.74) is 0. The Bertz CT molecular complexity index is 1330. The predicted octanol–water partition coefficient (Wildman–Crippen LogP) is 16.8. The zero-order chi connectivity index (χ0) is 44.9. The van der Waals surface area contributed by atoms with Gasteiger partial charge in [-0.25, -0.2) is 0 Å². The summed E-state index contributed by atoms with van der Waals surface area (Å²) in [4.78, 5) is 25.3. The van der Waals surface area contributed by atoms with Crippen molar-refractivity contribution in [3.8, 4) is 0 Å². The summed E-state index contributed by atoms with van der Waals surface area (Å²) in [5, 5.41) is 0. The molecule has 0 rings (SSSR count). The topological polar surface area (TPSA) is 61.8 Å². The van der Waals surface area contributed by atoms with Gasteiger partial charge in [-0.05, 0) is 109 Å². The van der Waals surface area contributed by atoms with Crippen LogP contribution in [0.5, 0.6) is 0 Å². The number of carbonyl (C=O) groups excluding carboxylic acids is 2. The van der Waals surface area contributed by atoms with Gasteiger partial charge in [0.1, 0.15) is 6.61 Å². The van der Waals surface area contributed by atoms with Crippen LogP contribution in [0.1, 0.15) is 188 Å². The average molecular weight is 855 g/mol. The van der Waals surface area contributed by atoms with Gasteiger partial charge in [0.05, 0.1) is 13.0 Å². The van der Waals surface area contributed by atoms with Crippen molar-refractivity contribution < 1.29 is 23.8 Å². The number of esters is 2. The highest BCUT2D eigenvalue weighted by molar-refractivity contribution is 5.71. The first kappa shape index (κ1) is 58.0. The van der Waals surface area contributed by atoms with Crippen LogP contribution in [0.3, 0.4) is 0 Å². The van der Waals surface area contributed by atoms with Crippen molar-refractivity contribution in [2.75, 3.05) is 19.8 Å². The molecule has 5 nitrogen and oxygen atoms in total. The van der Waals surface area contributed by atoms with Gasteiger partial charge in [0.15, 0.2) is 6.10 Å². The maximum absolute atomic E-state index is 12.7. The zero-order valence-electron chi connectivity index (χ0n) is 39.8. The molecule has 0 amide bonds. The van der Waals surface area contributed by atoms with Crippen LogP contribution < -0.4 is 0 Å². The molecule has 0 spiro atoms. The molecule has 0 aromatic heterocycles. The molecule has 62 heavy (non-hydrogen) atoms. The quantitative estimate of drug-likeness (QED) is 0.0347. The van der Waals surface area contributed by atoms with Gasteiger partial charge in [-0.15, -0.1) is 0 Å². The van der Waals surface area contributed by atoms with Crippen LogP contribution in [0.4, 0.5) is 0 Å². The van der Waals surface area contributed by atoms with Gasteiger partial charge in [0, 0.05) is 13.0 Å². The van der Waals surface area contributed by atoms with Gasteiger partial charge in [0.25, 0.3) is 0 Å². The molecule has 0 saturated carbocycles. The number of ether oxygens (including phenoxy) is 3. The fourth-order valence-electron chi connectivity index (χ4n) is 6.06. The first-order chi connectivity index (χ1) is 30.6. The smallest absolute Gasteiger partial charge is 0.310 e. The summed E-state index contributed by atoms with van der Waals surface area (Å²) in [6, 6.07) is 0. The van der Waals surface area contributed by atoms with E-state index in [-0.39, 0.29) is 31.6 Å². The van der Waals surface area contributed by atoms with E-state index in [1.54, 1.807) is 0 Å². The van der Waals surface area contributed by atoms with Gasteiger partial charge in [-0.1, -0.05) is 199 Å². The molecular weight excluding hydrogens is 765 g/mol. The van der Waals surface area contributed by atoms with Crippen molar-refractivity contribution in [3.05, 3.63) is 134 Å². The van der Waals surface area contributed by atoms with Crippen LogP contribution in [0, 0.1) is 0 Å². The monoisotopic (exact) mass is 855 g/mol. The fourth-order valence-corrected chi connectivity index (χ4v) is 6.06. The van der Waals surface area contributed by atoms with E-state index in [4.69, 9.17) is 14.2 Å². The van der Waals surface area contributed by atoms with Crippen molar-refractivity contribution in [1.82, 2.24) is 0 Å². The molecule has 5 heteroatoms. The van der Waals surface area contributed by atoms with Crippen molar-refractivity contribution in [3.63, 3.8) is 0 Å². The number of hydrogen-bond donors (Lipinski definition) is 0. The van der Waals surface area contributed by atoms with Gasteiger partial charge < -0.3 is 14.2 Å². The van der Waals surface area contributed by atoms with Crippen LogP contribution in [-0.2, 0) is 23.8 Å². The second-order valence-electron chi connectivity index (χ2n) is 15.6. The summed E-state index contributed by atoms with van der Waals surface area (Å²) >= 11 is 0. The van der Waals surface area contributed by atoms with E-state index in [1.807, 2.05) is 12.2 Å². The molecule has 0 saturated heterocycles. The van der Waals surface area contributed by atoms with Gasteiger partial charge >= 0.3 is 11.9 Å². The first-order valence-corrected chi connectivity index (χ1v) is 24.7. The summed E-state index contributed by atoms with van der Waals surface area (Å²) in [5.74, 6) is -0.596. The molecule has 1 unspecified atom stereocenters. The number of unbranched alkanes of at least 4 members (excludes halogenated alkanes) is 11. The first-order valence-electron chi connectivity index (χ1n) is 24.7. The lowest BCUT2D eigenvalue weighted by atomic mass is 10.1. The van der Waals surface area contributed by atoms with E-state index in [0.29, 0.717) is 13.0 Å². The van der Waals surface area contributed by atoms with Crippen molar-refractivity contribution >= 4 is 11.9 Å². The fraction of sp³-hybridized carbons (Fsp3) is 0.579. The maximum atomic E-state index is 12.7. The van der Waals surface area contributed by atoms with Gasteiger partial charge in [0.2, 0.25) is 0 Å². The lowest BCUT2D eigenvalue weighted by Crippen LogP contribution is -2.29. The molecule has 0 fully saturated rings. The minimum atomic E-state index is -0.616. The highest BCUT2D eigenvalue weighted by atomic mass is 16.6. The van der Waals surface area contributed by atoms with Crippen LogP contribution in [0.15, 0.2) is 134 Å². The van der Waals surface area contributed by atoms with Crippen LogP contribution >= 0.6 is 0 Å². The second-order valence-corrected chi connectivity index (χ2v) is 15.6. The highest BCUT2D eigenvalue weighted by Gasteiger charge is 2.17. The Morgan fingerprint density at radius 3 is 1.26 bits per heavy atom. The van der Waals surface area contributed by atoms with Crippen LogP contribution in [0.25, 0.3) is 0 Å². The number of hydrogen-bond acceptors (Lipinski definition) is 5. The summed E-state index contributed by atoms with van der Waals surface area (Å²) in [7, 11) is 0. The molecule has 0 aliphatic carbocycles. The molecule has 348 valence electrons. The minimum Gasteiger partial charge on any atom is -0.462 e. The maximum Gasteiger partial charge on any atom is 0.310 e. The third kappa shape index (κ3) is 48.7. The Balaban J connectivity index is 4.47. The molecule has 0 radical (unpaired) electrons. The molecule has 0 aromatic rings. The Kier molecular flexibility index (Phi) is 48.1. The van der Waals surface area contributed by atoms with E-state index in [9.17, 15) is 9.59 Å². The molecule has 0 heterocycles. The normalized spacial score (nSPS) is 13.4. The van der Waals surface area contributed by atoms with Crippen molar-refractivity contribution in [2.24, 2.45) is 0 Å². The molecule has 0 aromatic carbocycles. The van der Waals surface area contributed by atoms with Gasteiger partial charge in [-0.3, -0.25) is 9.59 Å². The number of rotatable bonds is 43. The standard InChI is InChI=1S/C57H90O5/c1-4-7-10-13-16-19-22-25-27-28-29-30-32-33-35-38-41-44-47-50-56(58)61-54-55(53-60-52-49-46-43-40-37-24-21-18-15-12-9-6-3)62-57(59)51-48-45-42-39-36-34-31-26-23-20-17-14-11-8-5-2/h7-8,10-11,15-20,25-27,29-31,33,35-36,39,45,48,55H,4-6,9,12-14,21-24,28,32,34,37-38,40-44,46-47,49-54H2,1-3H3/b10-7-,11-8-,18-15-,19-16-,20-17-,27-25-,30-29-,31-26-,35-33-,39-36-,48-45-. The lowest BCUT2D eigenvalue weighted by molar-refractivity contribution is -0.162. The van der Waals surface area contributed by atoms with E-state index in [1.165, 1.54) is 51.4 Å². The number of carbonyl (C=O) groups is 2. The van der Waals surface area contributed by atoms with E-state index in [0.717, 1.165) is 103 Å². The van der Waals surface area contributed by atoms with Crippen molar-refractivity contribution in [1.29, 1.82) is 0 Å². The third-order valence-corrected chi connectivity index (χ3v) is 9.68. The number of allylic oxidation sites excluding steroid dienone is 21.